The van der Waals surface area contributed by atoms with Crippen LogP contribution in [0.4, 0.5) is 5.69 Å². The van der Waals surface area contributed by atoms with Gasteiger partial charge >= 0.3 is 0 Å². The summed E-state index contributed by atoms with van der Waals surface area (Å²) in [5, 5.41) is 17.2. The average Bonchev–Trinajstić information content (AvgIpc) is 3.38. The molecule has 0 atom stereocenters. The summed E-state index contributed by atoms with van der Waals surface area (Å²) in [5.41, 5.74) is 4.28. The second-order valence-corrected chi connectivity index (χ2v) is 10.2. The van der Waals surface area contributed by atoms with E-state index in [1.165, 1.54) is 11.8 Å². The predicted octanol–water partition coefficient (Wildman–Crippen LogP) is 5.71. The second-order valence-electron chi connectivity index (χ2n) is 9.30. The largest absolute Gasteiger partial charge is 0.497 e. The molecule has 2 amide bonds. The standard InChI is InChI=1S/C31H29N5O3S/c1-20-11-12-21(2)27(17-20)36-28(18-32-30(38)26-10-6-8-22-7-4-5-9-25(22)26)34-35-31(36)40-19-29(37)33-23-13-15-24(39-3)16-14-23/h4-17H,18-19H2,1-3H3,(H,32,38)(H,33,37). The molecule has 0 aliphatic heterocycles. The Morgan fingerprint density at radius 2 is 1.70 bits per heavy atom. The molecule has 0 aliphatic carbocycles. The van der Waals surface area contributed by atoms with Crippen molar-refractivity contribution >= 4 is 40.0 Å². The first kappa shape index (κ1) is 27.0. The Morgan fingerprint density at radius 1 is 0.925 bits per heavy atom. The maximum Gasteiger partial charge on any atom is 0.252 e. The first-order chi connectivity index (χ1) is 19.4. The van der Waals surface area contributed by atoms with Crippen molar-refractivity contribution in [2.24, 2.45) is 0 Å². The van der Waals surface area contributed by atoms with Crippen LogP contribution in [0.15, 0.2) is 90.1 Å². The molecule has 0 saturated carbocycles. The van der Waals surface area contributed by atoms with E-state index in [2.05, 4.69) is 26.9 Å². The molecule has 1 aromatic heterocycles. The number of amides is 2. The van der Waals surface area contributed by atoms with Gasteiger partial charge in [-0.25, -0.2) is 0 Å². The first-order valence-electron chi connectivity index (χ1n) is 12.8. The molecule has 0 fully saturated rings. The Bertz CT molecular complexity index is 1680. The summed E-state index contributed by atoms with van der Waals surface area (Å²) in [6, 6.07) is 26.8. The van der Waals surface area contributed by atoms with E-state index in [0.717, 1.165) is 27.6 Å². The first-order valence-corrected chi connectivity index (χ1v) is 13.8. The van der Waals surface area contributed by atoms with E-state index < -0.39 is 0 Å². The lowest BCUT2D eigenvalue weighted by molar-refractivity contribution is -0.113. The normalized spacial score (nSPS) is 10.9. The smallest absolute Gasteiger partial charge is 0.252 e. The van der Waals surface area contributed by atoms with E-state index >= 15 is 0 Å². The van der Waals surface area contributed by atoms with Gasteiger partial charge in [0.2, 0.25) is 5.91 Å². The third-order valence-electron chi connectivity index (χ3n) is 6.45. The van der Waals surface area contributed by atoms with Gasteiger partial charge in [-0.05, 0) is 72.1 Å². The molecule has 9 heteroatoms. The molecule has 0 spiro atoms. The number of carbonyl (C=O) groups excluding carboxylic acids is 2. The molecule has 202 valence electrons. The van der Waals surface area contributed by atoms with Crippen LogP contribution in [0.5, 0.6) is 5.75 Å². The van der Waals surface area contributed by atoms with Crippen molar-refractivity contribution in [3.05, 3.63) is 107 Å². The monoisotopic (exact) mass is 551 g/mol. The zero-order chi connectivity index (χ0) is 28.1. The summed E-state index contributed by atoms with van der Waals surface area (Å²) in [6.07, 6.45) is 0. The number of methoxy groups -OCH3 is 1. The number of rotatable bonds is 9. The second kappa shape index (κ2) is 12.0. The lowest BCUT2D eigenvalue weighted by Gasteiger charge is -2.14. The van der Waals surface area contributed by atoms with Gasteiger partial charge in [0.1, 0.15) is 5.75 Å². The third-order valence-corrected chi connectivity index (χ3v) is 7.38. The zero-order valence-corrected chi connectivity index (χ0v) is 23.3. The van der Waals surface area contributed by atoms with Gasteiger partial charge in [-0.1, -0.05) is 60.3 Å². The van der Waals surface area contributed by atoms with Gasteiger partial charge in [-0.15, -0.1) is 10.2 Å². The third kappa shape index (κ3) is 6.00. The fraction of sp³-hybridized carbons (Fsp3) is 0.161. The van der Waals surface area contributed by atoms with Crippen LogP contribution in [0.25, 0.3) is 16.5 Å². The van der Waals surface area contributed by atoms with E-state index in [9.17, 15) is 9.59 Å². The van der Waals surface area contributed by atoms with Crippen molar-refractivity contribution in [2.75, 3.05) is 18.2 Å². The van der Waals surface area contributed by atoms with Gasteiger partial charge in [0, 0.05) is 11.3 Å². The number of nitrogens with one attached hydrogen (secondary N) is 2. The Hall–Kier alpha value is -4.63. The molecule has 0 radical (unpaired) electrons. The van der Waals surface area contributed by atoms with Gasteiger partial charge in [-0.2, -0.15) is 0 Å². The zero-order valence-electron chi connectivity index (χ0n) is 22.5. The molecule has 0 saturated heterocycles. The summed E-state index contributed by atoms with van der Waals surface area (Å²) in [7, 11) is 1.60. The highest BCUT2D eigenvalue weighted by atomic mass is 32.2. The molecule has 8 nitrogen and oxygen atoms in total. The van der Waals surface area contributed by atoms with Crippen LogP contribution in [-0.2, 0) is 11.3 Å². The van der Waals surface area contributed by atoms with E-state index in [1.54, 1.807) is 31.4 Å². The van der Waals surface area contributed by atoms with Crippen LogP contribution in [0, 0.1) is 13.8 Å². The number of hydrogen-bond donors (Lipinski definition) is 2. The molecule has 2 N–H and O–H groups in total. The maximum atomic E-state index is 13.2. The molecule has 4 aromatic carbocycles. The summed E-state index contributed by atoms with van der Waals surface area (Å²) in [5.74, 6) is 1.06. The molecule has 5 aromatic rings. The van der Waals surface area contributed by atoms with Crippen LogP contribution >= 0.6 is 11.8 Å². The quantitative estimate of drug-likeness (QED) is 0.228. The fourth-order valence-electron chi connectivity index (χ4n) is 4.39. The highest BCUT2D eigenvalue weighted by molar-refractivity contribution is 7.99. The van der Waals surface area contributed by atoms with Crippen LogP contribution in [-0.4, -0.2) is 39.4 Å². The predicted molar refractivity (Wildman–Crippen MR) is 158 cm³/mol. The molecule has 0 unspecified atom stereocenters. The Labute approximate surface area is 236 Å². The fourth-order valence-corrected chi connectivity index (χ4v) is 5.15. The number of thioether (sulfide) groups is 1. The Morgan fingerprint density at radius 3 is 2.50 bits per heavy atom. The molecule has 0 aliphatic rings. The minimum absolute atomic E-state index is 0.136. The van der Waals surface area contributed by atoms with Gasteiger partial charge in [0.15, 0.2) is 11.0 Å². The minimum atomic E-state index is -0.194. The van der Waals surface area contributed by atoms with Gasteiger partial charge < -0.3 is 15.4 Å². The molecule has 1 heterocycles. The number of aromatic nitrogens is 3. The average molecular weight is 552 g/mol. The number of ether oxygens (including phenoxy) is 1. The van der Waals surface area contributed by atoms with Crippen molar-refractivity contribution in [1.29, 1.82) is 0 Å². The van der Waals surface area contributed by atoms with Gasteiger partial charge in [0.05, 0.1) is 25.1 Å². The summed E-state index contributed by atoms with van der Waals surface area (Å²) >= 11 is 1.28. The SMILES string of the molecule is COc1ccc(NC(=O)CSc2nnc(CNC(=O)c3cccc4ccccc34)n2-c2cc(C)ccc2C)cc1. The van der Waals surface area contributed by atoms with Crippen molar-refractivity contribution in [1.82, 2.24) is 20.1 Å². The van der Waals surface area contributed by atoms with E-state index in [4.69, 9.17) is 4.74 Å². The molecule has 5 rings (SSSR count). The summed E-state index contributed by atoms with van der Waals surface area (Å²) in [4.78, 5) is 25.9. The Balaban J connectivity index is 1.36. The van der Waals surface area contributed by atoms with Crippen LogP contribution in [0.1, 0.15) is 27.3 Å². The number of benzene rings is 4. The number of anilines is 1. The number of hydrogen-bond acceptors (Lipinski definition) is 6. The number of fused-ring (bicyclic) bond motifs is 1. The summed E-state index contributed by atoms with van der Waals surface area (Å²) in [6.45, 7) is 4.20. The molecule has 0 bridgehead atoms. The van der Waals surface area contributed by atoms with Crippen LogP contribution < -0.4 is 15.4 Å². The lowest BCUT2D eigenvalue weighted by atomic mass is 10.0. The molecular formula is C31H29N5O3S. The van der Waals surface area contributed by atoms with Crippen LogP contribution in [0.3, 0.4) is 0 Å². The van der Waals surface area contributed by atoms with Gasteiger partial charge in [0.25, 0.3) is 5.91 Å². The lowest BCUT2D eigenvalue weighted by Crippen LogP contribution is -2.25. The van der Waals surface area contributed by atoms with Crippen molar-refractivity contribution in [2.45, 2.75) is 25.5 Å². The van der Waals surface area contributed by atoms with Crippen LogP contribution in [0.2, 0.25) is 0 Å². The minimum Gasteiger partial charge on any atom is -0.497 e. The number of carbonyl (C=O) groups is 2. The Kier molecular flexibility index (Phi) is 8.12. The number of nitrogens with zero attached hydrogens (tertiary/aromatic N) is 3. The molecule has 40 heavy (non-hydrogen) atoms. The van der Waals surface area contributed by atoms with Gasteiger partial charge in [-0.3, -0.25) is 14.2 Å². The van der Waals surface area contributed by atoms with E-state index in [0.29, 0.717) is 28.0 Å². The topological polar surface area (TPSA) is 98.1 Å². The van der Waals surface area contributed by atoms with E-state index in [1.807, 2.05) is 73.0 Å². The maximum absolute atomic E-state index is 13.2. The van der Waals surface area contributed by atoms with Crippen molar-refractivity contribution < 1.29 is 14.3 Å². The summed E-state index contributed by atoms with van der Waals surface area (Å²) < 4.78 is 7.09. The number of aryl methyl sites for hydroxylation is 2. The van der Waals surface area contributed by atoms with E-state index in [-0.39, 0.29) is 24.1 Å². The molecular weight excluding hydrogens is 522 g/mol. The van der Waals surface area contributed by atoms with Crippen molar-refractivity contribution in [3.8, 4) is 11.4 Å². The van der Waals surface area contributed by atoms with Crippen molar-refractivity contribution in [3.63, 3.8) is 0 Å². The highest BCUT2D eigenvalue weighted by Gasteiger charge is 2.19. The highest BCUT2D eigenvalue weighted by Crippen LogP contribution is 2.26.